The summed E-state index contributed by atoms with van der Waals surface area (Å²) in [5.41, 5.74) is 2.21. The number of thioether (sulfide) groups is 1. The van der Waals surface area contributed by atoms with Gasteiger partial charge in [0.1, 0.15) is 11.4 Å². The molecule has 0 aliphatic heterocycles. The molecule has 0 atom stereocenters. The van der Waals surface area contributed by atoms with Crippen molar-refractivity contribution in [3.63, 3.8) is 0 Å². The number of fused-ring (bicyclic) bond motifs is 1. The van der Waals surface area contributed by atoms with Gasteiger partial charge in [-0.1, -0.05) is 30.3 Å². The number of hydrogen-bond donors (Lipinski definition) is 0. The Morgan fingerprint density at radius 3 is 2.89 bits per heavy atom. The highest BCUT2D eigenvalue weighted by Crippen LogP contribution is 2.32. The molecule has 0 radical (unpaired) electrons. The van der Waals surface area contributed by atoms with Crippen molar-refractivity contribution in [3.05, 3.63) is 60.6 Å². The zero-order chi connectivity index (χ0) is 13.1. The smallest absolute Gasteiger partial charge is 0.140 e. The second kappa shape index (κ2) is 5.36. The van der Waals surface area contributed by atoms with Crippen LogP contribution in [-0.4, -0.2) is 16.5 Å². The Hall–Kier alpha value is -1.94. The summed E-state index contributed by atoms with van der Waals surface area (Å²) in [4.78, 5) is 5.38. The largest absolute Gasteiger partial charge is 0.495 e. The SMILES string of the molecule is COc1cc2nccn2cc1SCc1ccccc1. The van der Waals surface area contributed by atoms with E-state index in [1.165, 1.54) is 5.56 Å². The fourth-order valence-electron chi connectivity index (χ4n) is 1.93. The normalized spacial score (nSPS) is 10.8. The number of ether oxygens (including phenoxy) is 1. The van der Waals surface area contributed by atoms with Crippen LogP contribution in [0.4, 0.5) is 0 Å². The molecule has 0 spiro atoms. The third-order valence-electron chi connectivity index (χ3n) is 2.92. The molecule has 3 rings (SSSR count). The van der Waals surface area contributed by atoms with Crippen LogP contribution in [0.2, 0.25) is 0 Å². The minimum Gasteiger partial charge on any atom is -0.495 e. The summed E-state index contributed by atoms with van der Waals surface area (Å²) in [5.74, 6) is 1.80. The highest BCUT2D eigenvalue weighted by Gasteiger charge is 2.07. The van der Waals surface area contributed by atoms with Gasteiger partial charge in [-0.05, 0) is 5.56 Å². The fraction of sp³-hybridized carbons (Fsp3) is 0.133. The van der Waals surface area contributed by atoms with E-state index in [-0.39, 0.29) is 0 Å². The van der Waals surface area contributed by atoms with Crippen LogP contribution in [0.1, 0.15) is 5.56 Å². The molecule has 3 aromatic rings. The van der Waals surface area contributed by atoms with Crippen LogP contribution in [0.15, 0.2) is 59.9 Å². The molecule has 0 bridgehead atoms. The molecule has 0 saturated carbocycles. The first kappa shape index (κ1) is 12.1. The summed E-state index contributed by atoms with van der Waals surface area (Å²) in [6, 6.07) is 12.4. The number of aromatic nitrogens is 2. The predicted octanol–water partition coefficient (Wildman–Crippen LogP) is 3.64. The van der Waals surface area contributed by atoms with Crippen molar-refractivity contribution in [1.29, 1.82) is 0 Å². The molecule has 0 N–H and O–H groups in total. The first-order chi connectivity index (χ1) is 9.36. The standard InChI is InChI=1S/C15H14N2OS/c1-18-13-9-15-16-7-8-17(15)10-14(13)19-11-12-5-3-2-4-6-12/h2-10H,11H2,1H3. The molecule has 0 amide bonds. The van der Waals surface area contributed by atoms with Crippen molar-refractivity contribution < 1.29 is 4.74 Å². The Balaban J connectivity index is 1.86. The van der Waals surface area contributed by atoms with E-state index < -0.39 is 0 Å². The summed E-state index contributed by atoms with van der Waals surface area (Å²) < 4.78 is 7.45. The van der Waals surface area contributed by atoms with Crippen LogP contribution >= 0.6 is 11.8 Å². The Morgan fingerprint density at radius 2 is 2.11 bits per heavy atom. The van der Waals surface area contributed by atoms with E-state index in [0.29, 0.717) is 0 Å². The monoisotopic (exact) mass is 270 g/mol. The molecule has 2 heterocycles. The molecule has 0 saturated heterocycles. The van der Waals surface area contributed by atoms with Crippen molar-refractivity contribution in [3.8, 4) is 5.75 Å². The third kappa shape index (κ3) is 2.58. The quantitative estimate of drug-likeness (QED) is 0.677. The van der Waals surface area contributed by atoms with Crippen LogP contribution in [0.25, 0.3) is 5.65 Å². The lowest BCUT2D eigenvalue weighted by atomic mass is 10.2. The van der Waals surface area contributed by atoms with Crippen molar-refractivity contribution in [2.24, 2.45) is 0 Å². The molecule has 2 aromatic heterocycles. The van der Waals surface area contributed by atoms with Gasteiger partial charge < -0.3 is 9.14 Å². The molecule has 4 heteroatoms. The highest BCUT2D eigenvalue weighted by molar-refractivity contribution is 7.98. The summed E-state index contributed by atoms with van der Waals surface area (Å²) >= 11 is 1.77. The number of nitrogens with zero attached hydrogens (tertiary/aromatic N) is 2. The van der Waals surface area contributed by atoms with Crippen molar-refractivity contribution in [2.75, 3.05) is 7.11 Å². The second-order valence-corrected chi connectivity index (χ2v) is 5.19. The summed E-state index contributed by atoms with van der Waals surface area (Å²) in [6.07, 6.45) is 5.80. The summed E-state index contributed by atoms with van der Waals surface area (Å²) in [6.45, 7) is 0. The Kier molecular flexibility index (Phi) is 3.42. The Bertz CT molecular complexity index is 679. The number of hydrogen-bond acceptors (Lipinski definition) is 3. The zero-order valence-corrected chi connectivity index (χ0v) is 11.4. The lowest BCUT2D eigenvalue weighted by molar-refractivity contribution is 0.404. The van der Waals surface area contributed by atoms with Crippen LogP contribution in [-0.2, 0) is 5.75 Å². The fourth-order valence-corrected chi connectivity index (χ4v) is 2.91. The maximum Gasteiger partial charge on any atom is 0.140 e. The molecule has 19 heavy (non-hydrogen) atoms. The molecule has 0 unspecified atom stereocenters. The van der Waals surface area contributed by atoms with Gasteiger partial charge in [-0.15, -0.1) is 11.8 Å². The van der Waals surface area contributed by atoms with E-state index in [4.69, 9.17) is 4.74 Å². The average molecular weight is 270 g/mol. The number of pyridine rings is 1. The molecule has 0 fully saturated rings. The van der Waals surface area contributed by atoms with Gasteiger partial charge in [0.2, 0.25) is 0 Å². The van der Waals surface area contributed by atoms with Gasteiger partial charge in [0, 0.05) is 30.4 Å². The minimum atomic E-state index is 0.875. The number of rotatable bonds is 4. The van der Waals surface area contributed by atoms with E-state index in [1.54, 1.807) is 25.1 Å². The van der Waals surface area contributed by atoms with Crippen molar-refractivity contribution in [1.82, 2.24) is 9.38 Å². The second-order valence-electron chi connectivity index (χ2n) is 4.17. The van der Waals surface area contributed by atoms with Crippen LogP contribution < -0.4 is 4.74 Å². The number of imidazole rings is 1. The van der Waals surface area contributed by atoms with E-state index in [2.05, 4.69) is 35.4 Å². The van der Waals surface area contributed by atoms with E-state index in [9.17, 15) is 0 Å². The van der Waals surface area contributed by atoms with Crippen molar-refractivity contribution in [2.45, 2.75) is 10.6 Å². The van der Waals surface area contributed by atoms with E-state index in [0.717, 1.165) is 22.0 Å². The van der Waals surface area contributed by atoms with Gasteiger partial charge in [0.25, 0.3) is 0 Å². The molecule has 3 nitrogen and oxygen atoms in total. The average Bonchev–Trinajstić information content (AvgIpc) is 2.92. The number of methoxy groups -OCH3 is 1. The van der Waals surface area contributed by atoms with Gasteiger partial charge in [-0.2, -0.15) is 0 Å². The summed E-state index contributed by atoms with van der Waals surface area (Å²) in [7, 11) is 1.70. The van der Waals surface area contributed by atoms with Crippen LogP contribution in [0.3, 0.4) is 0 Å². The van der Waals surface area contributed by atoms with Gasteiger partial charge in [-0.3, -0.25) is 0 Å². The number of benzene rings is 1. The van der Waals surface area contributed by atoms with Gasteiger partial charge in [0.05, 0.1) is 12.0 Å². The zero-order valence-electron chi connectivity index (χ0n) is 10.6. The predicted molar refractivity (Wildman–Crippen MR) is 77.7 cm³/mol. The molecule has 0 aliphatic carbocycles. The van der Waals surface area contributed by atoms with Crippen LogP contribution in [0.5, 0.6) is 5.75 Å². The molecule has 1 aromatic carbocycles. The van der Waals surface area contributed by atoms with Gasteiger partial charge >= 0.3 is 0 Å². The van der Waals surface area contributed by atoms with E-state index in [1.807, 2.05) is 22.7 Å². The lowest BCUT2D eigenvalue weighted by Gasteiger charge is -2.09. The van der Waals surface area contributed by atoms with Crippen molar-refractivity contribution >= 4 is 17.4 Å². The van der Waals surface area contributed by atoms with Crippen LogP contribution in [0, 0.1) is 0 Å². The minimum absolute atomic E-state index is 0.875. The molecule has 96 valence electrons. The first-order valence-corrected chi connectivity index (χ1v) is 7.03. The third-order valence-corrected chi connectivity index (χ3v) is 4.01. The Morgan fingerprint density at radius 1 is 1.26 bits per heavy atom. The molecule has 0 aliphatic rings. The van der Waals surface area contributed by atoms with Gasteiger partial charge in [0.15, 0.2) is 0 Å². The lowest BCUT2D eigenvalue weighted by Crippen LogP contribution is -1.92. The van der Waals surface area contributed by atoms with Gasteiger partial charge in [-0.25, -0.2) is 4.98 Å². The highest BCUT2D eigenvalue weighted by atomic mass is 32.2. The molecular formula is C15H14N2OS. The van der Waals surface area contributed by atoms with E-state index >= 15 is 0 Å². The topological polar surface area (TPSA) is 26.5 Å². The molecular weight excluding hydrogens is 256 g/mol. The Labute approximate surface area is 116 Å². The summed E-state index contributed by atoms with van der Waals surface area (Å²) in [5, 5.41) is 0. The first-order valence-electron chi connectivity index (χ1n) is 6.04. The maximum absolute atomic E-state index is 5.44. The maximum atomic E-state index is 5.44.